The Morgan fingerprint density at radius 1 is 0.974 bits per heavy atom. The van der Waals surface area contributed by atoms with Crippen LogP contribution in [0.15, 0.2) is 72.8 Å². The van der Waals surface area contributed by atoms with Crippen LogP contribution in [-0.4, -0.2) is 44.1 Å². The number of hydrogen-bond acceptors (Lipinski definition) is 3. The van der Waals surface area contributed by atoms with Gasteiger partial charge >= 0.3 is 0 Å². The summed E-state index contributed by atoms with van der Waals surface area (Å²) in [4.78, 5) is 15.7. The molecule has 6 heteroatoms. The van der Waals surface area contributed by atoms with Crippen LogP contribution in [-0.2, 0) is 24.2 Å². The lowest BCUT2D eigenvalue weighted by Crippen LogP contribution is -2.49. The highest BCUT2D eigenvalue weighted by atomic mass is 19.3. The molecule has 0 saturated carbocycles. The van der Waals surface area contributed by atoms with Crippen molar-refractivity contribution in [3.8, 4) is 5.75 Å². The van der Waals surface area contributed by atoms with Crippen molar-refractivity contribution in [3.63, 3.8) is 0 Å². The van der Waals surface area contributed by atoms with Gasteiger partial charge in [0.1, 0.15) is 5.75 Å². The van der Waals surface area contributed by atoms with E-state index < -0.39 is 5.92 Å². The number of ether oxygens (including phenoxy) is 1. The number of nitrogens with zero attached hydrogens (tertiary/aromatic N) is 1. The number of likely N-dealkylation sites (tertiary alicyclic amines) is 1. The molecule has 38 heavy (non-hydrogen) atoms. The SMILES string of the molecule is CCc1cccc(OC)c1C(=O)NCC1(c2ccccc2)CCN(CCc2ccccc2C(C)(F)F)CC1. The van der Waals surface area contributed by atoms with Gasteiger partial charge in [0.25, 0.3) is 11.8 Å². The standard InChI is InChI=1S/C32H38F2N2O2/c1-4-24-12-10-16-28(38-3)29(24)30(37)35-23-32(26-13-6-5-7-14-26)18-21-36(22-19-32)20-17-25-11-8-9-15-27(25)31(2,33)34/h5-16H,4,17-23H2,1-3H3,(H,35,37). The molecule has 202 valence electrons. The molecule has 4 rings (SSSR count). The minimum absolute atomic E-state index is 0.112. The topological polar surface area (TPSA) is 41.6 Å². The van der Waals surface area contributed by atoms with E-state index in [1.54, 1.807) is 13.2 Å². The number of aryl methyl sites for hydroxylation is 1. The van der Waals surface area contributed by atoms with Crippen LogP contribution in [0.25, 0.3) is 0 Å². The third kappa shape index (κ3) is 6.24. The monoisotopic (exact) mass is 520 g/mol. The Morgan fingerprint density at radius 2 is 1.63 bits per heavy atom. The van der Waals surface area contributed by atoms with Gasteiger partial charge in [0.15, 0.2) is 0 Å². The Morgan fingerprint density at radius 3 is 2.29 bits per heavy atom. The maximum Gasteiger partial charge on any atom is 0.270 e. The molecule has 3 aromatic carbocycles. The van der Waals surface area contributed by atoms with Crippen LogP contribution in [0.1, 0.15) is 59.3 Å². The molecule has 0 bridgehead atoms. The molecule has 0 radical (unpaired) electrons. The number of alkyl halides is 2. The summed E-state index contributed by atoms with van der Waals surface area (Å²) in [6.07, 6.45) is 3.07. The molecular weight excluding hydrogens is 482 g/mol. The number of carbonyl (C=O) groups is 1. The fourth-order valence-corrected chi connectivity index (χ4v) is 5.65. The van der Waals surface area contributed by atoms with Crippen LogP contribution >= 0.6 is 0 Å². The molecule has 0 spiro atoms. The van der Waals surface area contributed by atoms with Gasteiger partial charge in [0, 0.05) is 31.0 Å². The zero-order valence-corrected chi connectivity index (χ0v) is 22.6. The van der Waals surface area contributed by atoms with Gasteiger partial charge in [0.05, 0.1) is 12.7 Å². The van der Waals surface area contributed by atoms with Gasteiger partial charge < -0.3 is 15.0 Å². The Labute approximate surface area is 225 Å². The summed E-state index contributed by atoms with van der Waals surface area (Å²) in [7, 11) is 1.59. The summed E-state index contributed by atoms with van der Waals surface area (Å²) in [6, 6.07) is 22.9. The van der Waals surface area contributed by atoms with E-state index in [4.69, 9.17) is 4.74 Å². The van der Waals surface area contributed by atoms with E-state index in [1.807, 2.05) is 55.5 Å². The molecule has 1 fully saturated rings. The van der Waals surface area contributed by atoms with Gasteiger partial charge in [-0.05, 0) is 61.5 Å². The second kappa shape index (κ2) is 12.1. The van der Waals surface area contributed by atoms with Crippen molar-refractivity contribution >= 4 is 5.91 Å². The van der Waals surface area contributed by atoms with Gasteiger partial charge in [-0.3, -0.25) is 4.79 Å². The highest BCUT2D eigenvalue weighted by Gasteiger charge is 2.37. The van der Waals surface area contributed by atoms with Crippen LogP contribution in [0.3, 0.4) is 0 Å². The average molecular weight is 521 g/mol. The molecule has 1 amide bonds. The van der Waals surface area contributed by atoms with E-state index in [0.717, 1.165) is 51.4 Å². The first-order valence-electron chi connectivity index (χ1n) is 13.5. The maximum absolute atomic E-state index is 14.1. The van der Waals surface area contributed by atoms with E-state index in [2.05, 4.69) is 22.3 Å². The van der Waals surface area contributed by atoms with E-state index >= 15 is 0 Å². The summed E-state index contributed by atoms with van der Waals surface area (Å²) in [5, 5.41) is 3.23. The Balaban J connectivity index is 1.46. The van der Waals surface area contributed by atoms with Crippen LogP contribution in [0.5, 0.6) is 5.75 Å². The number of benzene rings is 3. The fraction of sp³-hybridized carbons (Fsp3) is 0.406. The zero-order valence-electron chi connectivity index (χ0n) is 22.6. The molecule has 1 aliphatic heterocycles. The molecule has 1 heterocycles. The highest BCUT2D eigenvalue weighted by molar-refractivity contribution is 5.98. The average Bonchev–Trinajstić information content (AvgIpc) is 2.95. The number of piperidine rings is 1. The molecular formula is C32H38F2N2O2. The van der Waals surface area contributed by atoms with Gasteiger partial charge in [0.2, 0.25) is 0 Å². The first kappa shape index (κ1) is 27.8. The van der Waals surface area contributed by atoms with Crippen molar-refractivity contribution in [2.75, 3.05) is 33.3 Å². The molecule has 0 aliphatic carbocycles. The van der Waals surface area contributed by atoms with Gasteiger partial charge in [-0.1, -0.05) is 73.7 Å². The number of carbonyl (C=O) groups excluding carboxylic acids is 1. The predicted molar refractivity (Wildman–Crippen MR) is 148 cm³/mol. The summed E-state index contributed by atoms with van der Waals surface area (Å²) >= 11 is 0. The normalized spacial score (nSPS) is 15.7. The maximum atomic E-state index is 14.1. The zero-order chi connectivity index (χ0) is 27.2. The van der Waals surface area contributed by atoms with E-state index in [0.29, 0.717) is 29.8 Å². The number of nitrogens with one attached hydrogen (secondary N) is 1. The molecule has 1 aliphatic rings. The van der Waals surface area contributed by atoms with Crippen molar-refractivity contribution in [1.29, 1.82) is 0 Å². The number of hydrogen-bond donors (Lipinski definition) is 1. The lowest BCUT2D eigenvalue weighted by molar-refractivity contribution is 0.0164. The van der Waals surface area contributed by atoms with Crippen molar-refractivity contribution in [1.82, 2.24) is 10.2 Å². The number of methoxy groups -OCH3 is 1. The minimum Gasteiger partial charge on any atom is -0.496 e. The number of rotatable bonds is 10. The van der Waals surface area contributed by atoms with Crippen LogP contribution in [0.4, 0.5) is 8.78 Å². The van der Waals surface area contributed by atoms with Crippen molar-refractivity contribution in [3.05, 3.63) is 101 Å². The van der Waals surface area contributed by atoms with E-state index in [9.17, 15) is 13.6 Å². The molecule has 3 aromatic rings. The number of amides is 1. The molecule has 0 atom stereocenters. The van der Waals surface area contributed by atoms with Crippen LogP contribution in [0.2, 0.25) is 0 Å². The minimum atomic E-state index is -2.85. The van der Waals surface area contributed by atoms with Gasteiger partial charge in [-0.2, -0.15) is 0 Å². The fourth-order valence-electron chi connectivity index (χ4n) is 5.65. The van der Waals surface area contributed by atoms with E-state index in [-0.39, 0.29) is 16.9 Å². The smallest absolute Gasteiger partial charge is 0.270 e. The molecule has 1 saturated heterocycles. The summed E-state index contributed by atoms with van der Waals surface area (Å²) < 4.78 is 33.7. The molecule has 1 N–H and O–H groups in total. The summed E-state index contributed by atoms with van der Waals surface area (Å²) in [5.74, 6) is -2.38. The van der Waals surface area contributed by atoms with Crippen LogP contribution < -0.4 is 10.1 Å². The molecule has 4 nitrogen and oxygen atoms in total. The summed E-state index contributed by atoms with van der Waals surface area (Å²) in [5.41, 5.74) is 3.40. The Hall–Kier alpha value is -3.25. The second-order valence-corrected chi connectivity index (χ2v) is 10.3. The van der Waals surface area contributed by atoms with Gasteiger partial charge in [-0.15, -0.1) is 0 Å². The first-order chi connectivity index (χ1) is 18.3. The lowest BCUT2D eigenvalue weighted by atomic mass is 9.72. The Bertz CT molecular complexity index is 1190. The van der Waals surface area contributed by atoms with Crippen molar-refractivity contribution in [2.45, 2.75) is 50.9 Å². The first-order valence-corrected chi connectivity index (χ1v) is 13.5. The number of halogens is 2. The van der Waals surface area contributed by atoms with E-state index in [1.165, 1.54) is 11.6 Å². The Kier molecular flexibility index (Phi) is 8.83. The van der Waals surface area contributed by atoms with Crippen molar-refractivity contribution in [2.24, 2.45) is 0 Å². The van der Waals surface area contributed by atoms with Crippen molar-refractivity contribution < 1.29 is 18.3 Å². The second-order valence-electron chi connectivity index (χ2n) is 10.3. The van der Waals surface area contributed by atoms with Crippen LogP contribution in [0, 0.1) is 0 Å². The lowest BCUT2D eigenvalue weighted by Gasteiger charge is -2.42. The van der Waals surface area contributed by atoms with Gasteiger partial charge in [-0.25, -0.2) is 8.78 Å². The third-order valence-corrected chi connectivity index (χ3v) is 7.91. The third-order valence-electron chi connectivity index (χ3n) is 7.91. The molecule has 0 aromatic heterocycles. The molecule has 0 unspecified atom stereocenters. The largest absolute Gasteiger partial charge is 0.496 e. The predicted octanol–water partition coefficient (Wildman–Crippen LogP) is 6.38. The summed E-state index contributed by atoms with van der Waals surface area (Å²) in [6.45, 7) is 5.92. The quantitative estimate of drug-likeness (QED) is 0.338. The highest BCUT2D eigenvalue weighted by Crippen LogP contribution is 2.36.